The van der Waals surface area contributed by atoms with Gasteiger partial charge in [0.1, 0.15) is 35.9 Å². The highest BCUT2D eigenvalue weighted by Gasteiger charge is 2.43. The number of nitrogens with one attached hydrogen (secondary N) is 5. The van der Waals surface area contributed by atoms with Crippen molar-refractivity contribution < 1.29 is 52.5 Å². The number of hydrogen-bond donors (Lipinski definition) is 7. The van der Waals surface area contributed by atoms with Crippen LogP contribution < -0.4 is 42.8 Å². The summed E-state index contributed by atoms with van der Waals surface area (Å²) in [4.78, 5) is 120. The van der Waals surface area contributed by atoms with Crippen molar-refractivity contribution in [3.8, 4) is 23.2 Å². The predicted octanol–water partition coefficient (Wildman–Crippen LogP) is 7.17. The third kappa shape index (κ3) is 14.9. The molecule has 4 aliphatic heterocycles. The van der Waals surface area contributed by atoms with Crippen LogP contribution in [0.4, 0.5) is 10.1 Å². The molecule has 5 aromatic rings. The summed E-state index contributed by atoms with van der Waals surface area (Å²) < 4.78 is 29.2. The second-order valence-corrected chi connectivity index (χ2v) is 27.7. The van der Waals surface area contributed by atoms with Gasteiger partial charge in [-0.3, -0.25) is 38.4 Å². The Morgan fingerprint density at radius 2 is 1.60 bits per heavy atom. The molecule has 0 radical (unpaired) electrons. The number of piperidine rings is 1. The molecule has 22 heteroatoms. The van der Waals surface area contributed by atoms with E-state index in [9.17, 15) is 43.5 Å². The lowest BCUT2D eigenvalue weighted by Gasteiger charge is -2.37. The van der Waals surface area contributed by atoms with Crippen LogP contribution in [0.1, 0.15) is 175 Å². The van der Waals surface area contributed by atoms with E-state index < -0.39 is 70.7 Å². The molecule has 0 saturated carbocycles. The maximum atomic E-state index is 15.6. The van der Waals surface area contributed by atoms with Crippen LogP contribution in [0.15, 0.2) is 77.8 Å². The number of anilines is 1. The second-order valence-electron chi connectivity index (χ2n) is 27.7. The normalized spacial score (nSPS) is 17.8. The van der Waals surface area contributed by atoms with Crippen LogP contribution in [0.25, 0.3) is 22.3 Å². The molecule has 10 rings (SSSR count). The molecule has 6 heterocycles. The van der Waals surface area contributed by atoms with Crippen LogP contribution >= 0.6 is 0 Å². The number of aryl methyl sites for hydroxylation is 1. The molecular weight excluding hydrogens is 1220 g/mol. The van der Waals surface area contributed by atoms with Crippen molar-refractivity contribution in [2.24, 2.45) is 23.0 Å². The first-order chi connectivity index (χ1) is 45.7. The van der Waals surface area contributed by atoms with Crippen molar-refractivity contribution in [2.45, 2.75) is 181 Å². The summed E-state index contributed by atoms with van der Waals surface area (Å²) in [6, 6.07) is 15.7. The average molecular weight is 1320 g/mol. The Bertz CT molecular complexity index is 4030. The number of aromatic nitrogens is 2. The van der Waals surface area contributed by atoms with E-state index in [2.05, 4.69) is 45.0 Å². The number of aliphatic hydroxyl groups is 1. The number of pyridine rings is 2. The molecule has 0 spiro atoms. The minimum absolute atomic E-state index is 0.0111. The summed E-state index contributed by atoms with van der Waals surface area (Å²) in [5.41, 5.74) is 10.1. The van der Waals surface area contributed by atoms with Gasteiger partial charge >= 0.3 is 0 Å². The largest absolute Gasteiger partial charge is 0.490 e. The summed E-state index contributed by atoms with van der Waals surface area (Å²) in [6.45, 7) is 20.0. The quantitative estimate of drug-likeness (QED) is 0.0221. The van der Waals surface area contributed by atoms with E-state index in [0.29, 0.717) is 121 Å². The van der Waals surface area contributed by atoms with Gasteiger partial charge in [0.15, 0.2) is 0 Å². The Balaban J connectivity index is 0.680. The minimum atomic E-state index is -1.62. The van der Waals surface area contributed by atoms with Gasteiger partial charge in [-0.25, -0.2) is 9.37 Å². The van der Waals surface area contributed by atoms with Crippen molar-refractivity contribution in [1.82, 2.24) is 41.0 Å². The Labute approximate surface area is 560 Å². The summed E-state index contributed by atoms with van der Waals surface area (Å²) in [6.07, 6.45) is 4.02. The van der Waals surface area contributed by atoms with Gasteiger partial charge in [0, 0.05) is 84.1 Å². The van der Waals surface area contributed by atoms with E-state index in [-0.39, 0.29) is 99.3 Å². The summed E-state index contributed by atoms with van der Waals surface area (Å²) >= 11 is 0. The van der Waals surface area contributed by atoms with Gasteiger partial charge in [-0.1, -0.05) is 83.4 Å². The zero-order valence-electron chi connectivity index (χ0n) is 56.5. The summed E-state index contributed by atoms with van der Waals surface area (Å²) in [5, 5.41) is 26.9. The summed E-state index contributed by atoms with van der Waals surface area (Å²) in [5.74, 6) is 3.03. The highest BCUT2D eigenvalue weighted by Crippen LogP contribution is 2.47. The van der Waals surface area contributed by atoms with E-state index in [0.717, 1.165) is 27.9 Å². The highest BCUT2D eigenvalue weighted by molar-refractivity contribution is 5.97. The van der Waals surface area contributed by atoms with Crippen molar-refractivity contribution >= 4 is 57.9 Å². The molecule has 2 aromatic heterocycles. The number of hydrogen-bond acceptors (Lipinski definition) is 13. The lowest BCUT2D eigenvalue weighted by molar-refractivity contribution is -0.145. The average Bonchev–Trinajstić information content (AvgIpc) is 1.43. The fraction of sp³-hybridized carbons (Fsp3) is 0.500. The van der Waals surface area contributed by atoms with Gasteiger partial charge in [0.2, 0.25) is 41.4 Å². The van der Waals surface area contributed by atoms with E-state index in [1.165, 1.54) is 6.07 Å². The van der Waals surface area contributed by atoms with Gasteiger partial charge in [-0.15, -0.1) is 0 Å². The zero-order valence-corrected chi connectivity index (χ0v) is 56.5. The lowest BCUT2D eigenvalue weighted by atomic mass is 9.81. The molecule has 5 aliphatic rings. The number of halogens is 1. The number of carbonyl (C=O) groups excluding carboxylic acids is 7. The minimum Gasteiger partial charge on any atom is -0.490 e. The van der Waals surface area contributed by atoms with Crippen molar-refractivity contribution in [3.05, 3.63) is 139 Å². The van der Waals surface area contributed by atoms with Crippen LogP contribution in [0.5, 0.6) is 0 Å². The first-order valence-electron chi connectivity index (χ1n) is 33.8. The van der Waals surface area contributed by atoms with Crippen LogP contribution in [0.3, 0.4) is 0 Å². The first kappa shape index (κ1) is 70.0. The van der Waals surface area contributed by atoms with E-state index in [1.807, 2.05) is 76.2 Å². The molecule has 4 atom stereocenters. The highest BCUT2D eigenvalue weighted by atomic mass is 19.1. The number of likely N-dealkylation sites (tertiary alicyclic amines) is 1. The number of ether oxygens (including phenoxy) is 2. The van der Waals surface area contributed by atoms with Gasteiger partial charge in [0.25, 0.3) is 5.56 Å². The summed E-state index contributed by atoms with van der Waals surface area (Å²) in [7, 11) is 0. The number of carbonyl (C=O) groups is 7. The number of rotatable bonds is 25. The van der Waals surface area contributed by atoms with E-state index in [1.54, 1.807) is 48.1 Å². The Hall–Kier alpha value is -8.78. The molecule has 1 aliphatic carbocycles. The number of amides is 7. The number of benzene rings is 3. The topological polar surface area (TPSA) is 286 Å². The van der Waals surface area contributed by atoms with Crippen LogP contribution in [-0.2, 0) is 74.8 Å². The number of nitrogens with zero attached hydrogens (tertiary/aromatic N) is 4. The van der Waals surface area contributed by atoms with Crippen LogP contribution in [-0.4, -0.2) is 118 Å². The molecule has 4 unspecified atom stereocenters. The molecular formula is C74H91FN10O11. The van der Waals surface area contributed by atoms with Crippen LogP contribution in [0.2, 0.25) is 0 Å². The van der Waals surface area contributed by atoms with E-state index in [4.69, 9.17) is 20.2 Å². The van der Waals surface area contributed by atoms with Crippen molar-refractivity contribution in [3.63, 3.8) is 0 Å². The van der Waals surface area contributed by atoms with Crippen molar-refractivity contribution in [2.75, 3.05) is 44.2 Å². The van der Waals surface area contributed by atoms with Gasteiger partial charge in [-0.2, -0.15) is 0 Å². The fourth-order valence-electron chi connectivity index (χ4n) is 13.9. The van der Waals surface area contributed by atoms with Crippen LogP contribution in [0, 0.1) is 41.8 Å². The zero-order chi connectivity index (χ0) is 69.0. The number of unbranched alkanes of at least 4 members (excludes halogenated alkanes) is 1. The second kappa shape index (κ2) is 29.3. The SMILES string of the molecule is C=C1OCc2c(cc3n(c2=O)Cc2c-3nc3cc(F)c(C)c4c3c2C(NC(=O)CNC(=O)C(CCCCN)NC(=O)C(NC(=O)CCC(C)(C)OCCC(C)(C)C(=O)N2CCC(C(=O)NCCC(=O)N3Cc5ccccc5C#Cc5ccccc53)CC2)C(C)C)CC4)C1(O)CC. The fourth-order valence-corrected chi connectivity index (χ4v) is 13.9. The van der Waals surface area contributed by atoms with E-state index >= 15 is 4.39 Å². The van der Waals surface area contributed by atoms with Gasteiger partial charge in [-0.05, 0) is 144 Å². The molecule has 21 nitrogen and oxygen atoms in total. The first-order valence-corrected chi connectivity index (χ1v) is 33.8. The maximum absolute atomic E-state index is 15.6. The third-order valence-electron chi connectivity index (χ3n) is 19.9. The molecule has 8 N–H and O–H groups in total. The van der Waals surface area contributed by atoms with Gasteiger partial charge in [0.05, 0.1) is 59.4 Å². The Kier molecular flexibility index (Phi) is 21.4. The monoisotopic (exact) mass is 1310 g/mol. The molecule has 510 valence electrons. The standard InChI is InChI=1S/C74H91FN10O11/c1-10-74(94)45(5)95-42-52-53(74)37-59-66-51(41-85(59)70(52)92)64-55(25-24-50-44(4)54(75)38-57(80-66)63(50)64)79-61(87)39-78-68(90)56(20-15-16-32-76)81-69(91)65(43(2)3)82-60(86)26-30-73(8,9)96-36-31-72(6,7)71(93)83-34-28-48(29-35-83)67(89)77-33-27-62(88)84-40-49-19-12-11-17-46(49)22-23-47-18-13-14-21-58(47)84/h11-14,17-19,21,37-38,43,48,55-56,65,94H,5,10,15-16,20,24-36,39-42,76H2,1-4,6-9H3,(H,77,89)(H,78,90)(H,79,87)(H,81,91)(H,82,86). The Morgan fingerprint density at radius 3 is 2.33 bits per heavy atom. The Morgan fingerprint density at radius 1 is 0.885 bits per heavy atom. The number of nitrogens with two attached hydrogens (primary N) is 1. The predicted molar refractivity (Wildman–Crippen MR) is 362 cm³/mol. The smallest absolute Gasteiger partial charge is 0.258 e. The number of fused-ring (bicyclic) bond motifs is 7. The molecule has 0 bridgehead atoms. The molecule has 1 saturated heterocycles. The van der Waals surface area contributed by atoms with Gasteiger partial charge < -0.3 is 61.3 Å². The lowest BCUT2D eigenvalue weighted by Crippen LogP contribution is -2.56. The molecule has 7 amide bonds. The third-order valence-corrected chi connectivity index (χ3v) is 19.9. The molecule has 1 fully saturated rings. The van der Waals surface area contributed by atoms with Crippen molar-refractivity contribution in [1.29, 1.82) is 0 Å². The number of para-hydroxylation sites is 1. The molecule has 96 heavy (non-hydrogen) atoms. The molecule has 3 aromatic carbocycles. The maximum Gasteiger partial charge on any atom is 0.258 e.